The molecule has 0 spiro atoms. The Bertz CT molecular complexity index is 729. The molecule has 2 aromatic rings. The Morgan fingerprint density at radius 1 is 0.958 bits per heavy atom. The fraction of sp³-hybridized carbons (Fsp3) is 0.118. The summed E-state index contributed by atoms with van der Waals surface area (Å²) in [5.74, 6) is -1.61. The Labute approximate surface area is 149 Å². The Morgan fingerprint density at radius 3 is 2.29 bits per heavy atom. The molecule has 0 saturated heterocycles. The van der Waals surface area contributed by atoms with E-state index >= 15 is 0 Å². The van der Waals surface area contributed by atoms with Crippen molar-refractivity contribution < 1.29 is 9.59 Å². The number of halogens is 2. The highest BCUT2D eigenvalue weighted by Gasteiger charge is 2.11. The van der Waals surface area contributed by atoms with E-state index in [9.17, 15) is 9.59 Å². The molecule has 0 heterocycles. The number of nitrogens with one attached hydrogen (secondary N) is 2. The number of hydrogen-bond donors (Lipinski definition) is 2. The van der Waals surface area contributed by atoms with Gasteiger partial charge in [-0.3, -0.25) is 9.59 Å². The van der Waals surface area contributed by atoms with Gasteiger partial charge in [-0.25, -0.2) is 5.43 Å². The molecule has 0 unspecified atom stereocenters. The van der Waals surface area contributed by atoms with E-state index in [0.29, 0.717) is 28.6 Å². The van der Waals surface area contributed by atoms with Crippen molar-refractivity contribution in [2.45, 2.75) is 6.42 Å². The van der Waals surface area contributed by atoms with Gasteiger partial charge < -0.3 is 5.32 Å². The first-order valence-electron chi connectivity index (χ1n) is 7.17. The fourth-order valence-corrected chi connectivity index (χ4v) is 2.38. The molecule has 0 fully saturated rings. The molecule has 2 aromatic carbocycles. The SMILES string of the molecule is O=C(NCCc1ccccc1)C(=O)N/N=C/c1c(Cl)cccc1Cl. The Hall–Kier alpha value is -2.37. The van der Waals surface area contributed by atoms with Gasteiger partial charge >= 0.3 is 11.8 Å². The molecule has 0 radical (unpaired) electrons. The van der Waals surface area contributed by atoms with Crippen LogP contribution in [0.5, 0.6) is 0 Å². The summed E-state index contributed by atoms with van der Waals surface area (Å²) in [6, 6.07) is 14.6. The zero-order valence-electron chi connectivity index (χ0n) is 12.6. The summed E-state index contributed by atoms with van der Waals surface area (Å²) in [7, 11) is 0. The highest BCUT2D eigenvalue weighted by Crippen LogP contribution is 2.21. The third kappa shape index (κ3) is 5.37. The van der Waals surface area contributed by atoms with Crippen molar-refractivity contribution in [3.8, 4) is 0 Å². The van der Waals surface area contributed by atoms with Crippen LogP contribution in [0.25, 0.3) is 0 Å². The molecule has 7 heteroatoms. The van der Waals surface area contributed by atoms with Gasteiger partial charge in [0, 0.05) is 12.1 Å². The molecule has 2 N–H and O–H groups in total. The predicted octanol–water partition coefficient (Wildman–Crippen LogP) is 2.80. The first kappa shape index (κ1) is 18.0. The van der Waals surface area contributed by atoms with Crippen LogP contribution in [0.4, 0.5) is 0 Å². The van der Waals surface area contributed by atoms with Crippen molar-refractivity contribution >= 4 is 41.2 Å². The van der Waals surface area contributed by atoms with Gasteiger partial charge in [-0.05, 0) is 24.1 Å². The summed E-state index contributed by atoms with van der Waals surface area (Å²) in [5, 5.41) is 7.01. The zero-order chi connectivity index (χ0) is 17.4. The van der Waals surface area contributed by atoms with Crippen molar-refractivity contribution in [3.63, 3.8) is 0 Å². The predicted molar refractivity (Wildman–Crippen MR) is 95.4 cm³/mol. The van der Waals surface area contributed by atoms with Gasteiger partial charge in [0.25, 0.3) is 0 Å². The van der Waals surface area contributed by atoms with Crippen LogP contribution in [-0.2, 0) is 16.0 Å². The van der Waals surface area contributed by atoms with Crippen molar-refractivity contribution in [3.05, 3.63) is 69.7 Å². The summed E-state index contributed by atoms with van der Waals surface area (Å²) in [4.78, 5) is 23.3. The van der Waals surface area contributed by atoms with E-state index in [1.807, 2.05) is 30.3 Å². The van der Waals surface area contributed by atoms with E-state index in [-0.39, 0.29) is 0 Å². The van der Waals surface area contributed by atoms with Crippen molar-refractivity contribution in [1.29, 1.82) is 0 Å². The highest BCUT2D eigenvalue weighted by molar-refractivity contribution is 6.38. The number of benzene rings is 2. The molecule has 0 aliphatic rings. The second kappa shape index (κ2) is 9.05. The maximum absolute atomic E-state index is 11.7. The smallest absolute Gasteiger partial charge is 0.329 e. The summed E-state index contributed by atoms with van der Waals surface area (Å²) in [5.41, 5.74) is 3.67. The second-order valence-corrected chi connectivity index (χ2v) is 5.64. The molecule has 0 bridgehead atoms. The van der Waals surface area contributed by atoms with Crippen LogP contribution >= 0.6 is 23.2 Å². The molecule has 5 nitrogen and oxygen atoms in total. The summed E-state index contributed by atoms with van der Waals surface area (Å²) >= 11 is 11.9. The van der Waals surface area contributed by atoms with Crippen LogP contribution in [-0.4, -0.2) is 24.6 Å². The van der Waals surface area contributed by atoms with Crippen molar-refractivity contribution in [1.82, 2.24) is 10.7 Å². The van der Waals surface area contributed by atoms with E-state index in [4.69, 9.17) is 23.2 Å². The summed E-state index contributed by atoms with van der Waals surface area (Å²) in [6.45, 7) is 0.357. The number of carbonyl (C=O) groups is 2. The molecule has 24 heavy (non-hydrogen) atoms. The van der Waals surface area contributed by atoms with Crippen LogP contribution in [0.3, 0.4) is 0 Å². The monoisotopic (exact) mass is 363 g/mol. The quantitative estimate of drug-likeness (QED) is 0.487. The van der Waals surface area contributed by atoms with Crippen LogP contribution in [0.1, 0.15) is 11.1 Å². The van der Waals surface area contributed by atoms with E-state index in [2.05, 4.69) is 15.8 Å². The van der Waals surface area contributed by atoms with Crippen LogP contribution in [0, 0.1) is 0 Å². The standard InChI is InChI=1S/C17H15Cl2N3O2/c18-14-7-4-8-15(19)13(14)11-21-22-17(24)16(23)20-10-9-12-5-2-1-3-6-12/h1-8,11H,9-10H2,(H,20,23)(H,22,24)/b21-11+. The van der Waals surface area contributed by atoms with Gasteiger partial charge in [0.15, 0.2) is 0 Å². The Balaban J connectivity index is 1.79. The first-order valence-corrected chi connectivity index (χ1v) is 7.92. The highest BCUT2D eigenvalue weighted by atomic mass is 35.5. The van der Waals surface area contributed by atoms with E-state index in [1.165, 1.54) is 6.21 Å². The third-order valence-corrected chi connectivity index (χ3v) is 3.77. The third-order valence-electron chi connectivity index (χ3n) is 3.11. The maximum Gasteiger partial charge on any atom is 0.329 e. The molecule has 0 aromatic heterocycles. The Kier molecular flexibility index (Phi) is 6.78. The van der Waals surface area contributed by atoms with E-state index in [0.717, 1.165) is 5.56 Å². The lowest BCUT2D eigenvalue weighted by molar-refractivity contribution is -0.139. The van der Waals surface area contributed by atoms with Crippen molar-refractivity contribution in [2.24, 2.45) is 5.10 Å². The van der Waals surface area contributed by atoms with Gasteiger partial charge in [0.05, 0.1) is 16.3 Å². The topological polar surface area (TPSA) is 70.6 Å². The summed E-state index contributed by atoms with van der Waals surface area (Å²) in [6.07, 6.45) is 1.93. The van der Waals surface area contributed by atoms with Crippen molar-refractivity contribution in [2.75, 3.05) is 6.54 Å². The minimum atomic E-state index is -0.859. The van der Waals surface area contributed by atoms with E-state index < -0.39 is 11.8 Å². The summed E-state index contributed by atoms with van der Waals surface area (Å²) < 4.78 is 0. The lowest BCUT2D eigenvalue weighted by Gasteiger charge is -2.04. The minimum absolute atomic E-state index is 0.357. The number of amides is 2. The number of hydrazone groups is 1. The van der Waals surface area contributed by atoms with Crippen LogP contribution in [0.2, 0.25) is 10.0 Å². The molecule has 0 atom stereocenters. The van der Waals surface area contributed by atoms with Gasteiger partial charge in [-0.15, -0.1) is 0 Å². The lowest BCUT2D eigenvalue weighted by Crippen LogP contribution is -2.38. The zero-order valence-corrected chi connectivity index (χ0v) is 14.1. The van der Waals surface area contributed by atoms with Gasteiger partial charge in [0.2, 0.25) is 0 Å². The fourth-order valence-electron chi connectivity index (χ4n) is 1.89. The average Bonchev–Trinajstić information content (AvgIpc) is 2.58. The minimum Gasteiger partial charge on any atom is -0.347 e. The maximum atomic E-state index is 11.7. The molecule has 0 saturated carbocycles. The number of rotatable bonds is 5. The molecule has 124 valence electrons. The number of carbonyl (C=O) groups excluding carboxylic acids is 2. The van der Waals surface area contributed by atoms with Crippen LogP contribution < -0.4 is 10.7 Å². The first-order chi connectivity index (χ1) is 11.6. The van der Waals surface area contributed by atoms with Gasteiger partial charge in [-0.2, -0.15) is 5.10 Å². The molecule has 0 aliphatic heterocycles. The van der Waals surface area contributed by atoms with Gasteiger partial charge in [0.1, 0.15) is 0 Å². The van der Waals surface area contributed by atoms with Crippen LogP contribution in [0.15, 0.2) is 53.6 Å². The normalized spacial score (nSPS) is 10.6. The van der Waals surface area contributed by atoms with E-state index in [1.54, 1.807) is 18.2 Å². The second-order valence-electron chi connectivity index (χ2n) is 4.83. The molecule has 2 amide bonds. The number of hydrogen-bond acceptors (Lipinski definition) is 3. The number of nitrogens with zero attached hydrogens (tertiary/aromatic N) is 1. The molecular weight excluding hydrogens is 349 g/mol. The average molecular weight is 364 g/mol. The molecule has 2 rings (SSSR count). The lowest BCUT2D eigenvalue weighted by atomic mass is 10.1. The molecular formula is C17H15Cl2N3O2. The molecule has 0 aliphatic carbocycles. The largest absolute Gasteiger partial charge is 0.347 e. The van der Waals surface area contributed by atoms with Gasteiger partial charge in [-0.1, -0.05) is 59.6 Å². The Morgan fingerprint density at radius 2 is 1.62 bits per heavy atom.